The van der Waals surface area contributed by atoms with Gasteiger partial charge in [0.05, 0.1) is 31.0 Å². The lowest BCUT2D eigenvalue weighted by Gasteiger charge is -2.42. The third-order valence-electron chi connectivity index (χ3n) is 15.5. The molecule has 2 saturated heterocycles. The number of rotatable bonds is 21. The topological polar surface area (TPSA) is 174 Å². The number of likely N-dealkylation sites (tertiary alicyclic amines) is 2. The molecule has 0 aromatic heterocycles. The summed E-state index contributed by atoms with van der Waals surface area (Å²) in [6, 6.07) is 8.57. The van der Waals surface area contributed by atoms with E-state index in [2.05, 4.69) is 97.9 Å². The molecule has 3 aliphatic rings. The summed E-state index contributed by atoms with van der Waals surface area (Å²) in [6.07, 6.45) is 4.84. The summed E-state index contributed by atoms with van der Waals surface area (Å²) in [7, 11) is -3.07. The lowest BCUT2D eigenvalue weighted by atomic mass is 9.97. The quantitative estimate of drug-likeness (QED) is 0.0806. The Balaban J connectivity index is 1.34. The Morgan fingerprint density at radius 3 is 2.10 bits per heavy atom. The van der Waals surface area contributed by atoms with E-state index in [1.807, 2.05) is 18.7 Å². The molecule has 2 aromatic rings. The van der Waals surface area contributed by atoms with Gasteiger partial charge in [-0.3, -0.25) is 24.6 Å². The number of carbonyl (C=O) groups is 5. The molecular weight excluding hydrogens is 923 g/mol. The summed E-state index contributed by atoms with van der Waals surface area (Å²) in [5.74, 6) is -0.354. The second kappa shape index (κ2) is 23.1. The molecule has 0 radical (unpaired) electrons. The number of hydrogen-bond donors (Lipinski definition) is 3. The molecule has 0 bridgehead atoms. The summed E-state index contributed by atoms with van der Waals surface area (Å²) in [4.78, 5) is 71.9. The Morgan fingerprint density at radius 1 is 0.900 bits per heavy atom. The van der Waals surface area contributed by atoms with Gasteiger partial charge in [-0.25, -0.2) is 9.59 Å². The molecule has 5 rings (SSSR count). The predicted molar refractivity (Wildman–Crippen MR) is 280 cm³/mol. The van der Waals surface area contributed by atoms with Gasteiger partial charge in [-0.15, -0.1) is 0 Å². The van der Waals surface area contributed by atoms with Crippen LogP contribution in [-0.4, -0.2) is 108 Å². The van der Waals surface area contributed by atoms with E-state index in [0.29, 0.717) is 61.7 Å². The van der Waals surface area contributed by atoms with Gasteiger partial charge in [0.2, 0.25) is 11.8 Å². The van der Waals surface area contributed by atoms with E-state index >= 15 is 0 Å². The van der Waals surface area contributed by atoms with E-state index in [4.69, 9.17) is 23.1 Å². The van der Waals surface area contributed by atoms with Gasteiger partial charge in [-0.05, 0) is 102 Å². The monoisotopic (exact) mass is 1010 g/mol. The first kappa shape index (κ1) is 56.0. The molecule has 1 spiro atoms. The zero-order chi connectivity index (χ0) is 51.9. The largest absolute Gasteiger partial charge is 0.540 e. The van der Waals surface area contributed by atoms with E-state index in [-0.39, 0.29) is 69.4 Å². The summed E-state index contributed by atoms with van der Waals surface area (Å²) in [5.41, 5.74) is 2.50. The maximum Gasteiger partial charge on any atom is 0.411 e. The Morgan fingerprint density at radius 2 is 1.54 bits per heavy atom. The number of benzene rings is 2. The van der Waals surface area contributed by atoms with Crippen LogP contribution < -0.4 is 25.1 Å². The molecule has 1 aliphatic carbocycles. The molecule has 4 atom stereocenters. The first-order chi connectivity index (χ1) is 32.8. The smallest absolute Gasteiger partial charge is 0.411 e. The van der Waals surface area contributed by atoms with Crippen molar-refractivity contribution in [2.75, 3.05) is 44.0 Å². The number of amides is 5. The summed E-state index contributed by atoms with van der Waals surface area (Å²) >= 11 is 0. The molecular formula is C53H83N5O10Si2. The third-order valence-corrected chi connectivity index (χ3v) is 26.0. The van der Waals surface area contributed by atoms with Crippen LogP contribution in [0.5, 0.6) is 11.5 Å². The number of nitrogens with one attached hydrogen (secondary N) is 3. The van der Waals surface area contributed by atoms with Crippen LogP contribution in [-0.2, 0) is 30.1 Å². The first-order valence-electron chi connectivity index (χ1n) is 25.4. The van der Waals surface area contributed by atoms with Gasteiger partial charge in [0.15, 0.2) is 14.1 Å². The van der Waals surface area contributed by atoms with Crippen molar-refractivity contribution in [1.29, 1.82) is 0 Å². The van der Waals surface area contributed by atoms with Crippen molar-refractivity contribution in [2.45, 2.75) is 174 Å². The Kier molecular flexibility index (Phi) is 18.5. The fourth-order valence-electron chi connectivity index (χ4n) is 10.0. The second-order valence-electron chi connectivity index (χ2n) is 22.3. The van der Waals surface area contributed by atoms with Crippen LogP contribution in [0.1, 0.15) is 131 Å². The van der Waals surface area contributed by atoms with Gasteiger partial charge < -0.3 is 38.6 Å². The van der Waals surface area contributed by atoms with Crippen LogP contribution >= 0.6 is 0 Å². The molecule has 388 valence electrons. The number of carbonyl (C=O) groups excluding carboxylic acids is 5. The Hall–Kier alpha value is -4.88. The van der Waals surface area contributed by atoms with Crippen molar-refractivity contribution in [2.24, 2.45) is 11.3 Å². The molecule has 2 heterocycles. The Labute approximate surface area is 419 Å². The zero-order valence-electron chi connectivity index (χ0n) is 44.5. The van der Waals surface area contributed by atoms with E-state index in [1.165, 1.54) is 11.0 Å². The third kappa shape index (κ3) is 13.0. The van der Waals surface area contributed by atoms with Crippen molar-refractivity contribution in [1.82, 2.24) is 15.1 Å². The van der Waals surface area contributed by atoms with Gasteiger partial charge in [-0.1, -0.05) is 107 Å². The fourth-order valence-corrected chi connectivity index (χ4v) is 16.3. The Bertz CT molecular complexity index is 2170. The molecule has 3 N–H and O–H groups in total. The molecule has 2 aliphatic heterocycles. The lowest BCUT2D eigenvalue weighted by Crippen LogP contribution is -2.54. The highest BCUT2D eigenvalue weighted by atomic mass is 28.4. The standard InChI is InChI=1S/C53H83N5O10Si2/c1-16-27-65-51(63)57-26-18-19-43(57)47(59)56-46(37(9)17-2)48(60)54-39-22-20-38(21-23-39)31-66-50(62)55-42-29-45(68-70(34(3)4,35(5)6)36(7)8)44(64-13)28-41(42)49(61)58-33-53(24-25-53)30-40(58)32-67-69(14,15)52(10,11)12/h16,20-23,28-29,34-37,40,43,46H,1,17-19,24-27,30-33H2,2-15H3,(H,54,60)(H,55,62)(H,56,59)/t37?,40-,43-,46?/m0/s1. The van der Waals surface area contributed by atoms with E-state index < -0.39 is 52.7 Å². The van der Waals surface area contributed by atoms with Crippen molar-refractivity contribution in [3.8, 4) is 11.5 Å². The number of methoxy groups -OCH3 is 1. The van der Waals surface area contributed by atoms with E-state index in [1.54, 1.807) is 43.5 Å². The molecule has 3 fully saturated rings. The molecule has 2 aromatic carbocycles. The van der Waals surface area contributed by atoms with Crippen LogP contribution in [0, 0.1) is 11.3 Å². The fraction of sp³-hybridized carbons (Fsp3) is 0.642. The van der Waals surface area contributed by atoms with Crippen LogP contribution in [0.15, 0.2) is 49.1 Å². The maximum atomic E-state index is 15.0. The summed E-state index contributed by atoms with van der Waals surface area (Å²) in [5, 5.41) is 8.74. The van der Waals surface area contributed by atoms with Gasteiger partial charge in [-0.2, -0.15) is 0 Å². The molecule has 17 heteroatoms. The average Bonchev–Trinajstić information content (AvgIpc) is 3.68. The van der Waals surface area contributed by atoms with E-state index in [0.717, 1.165) is 19.3 Å². The minimum atomic E-state index is -2.52. The van der Waals surface area contributed by atoms with Gasteiger partial charge in [0.1, 0.15) is 31.0 Å². The van der Waals surface area contributed by atoms with Crippen molar-refractivity contribution in [3.05, 3.63) is 60.2 Å². The summed E-state index contributed by atoms with van der Waals surface area (Å²) < 4.78 is 30.8. The molecule has 70 heavy (non-hydrogen) atoms. The van der Waals surface area contributed by atoms with Crippen LogP contribution in [0.3, 0.4) is 0 Å². The minimum absolute atomic E-state index is 0.0128. The number of ether oxygens (including phenoxy) is 3. The van der Waals surface area contributed by atoms with Crippen LogP contribution in [0.2, 0.25) is 34.8 Å². The predicted octanol–water partition coefficient (Wildman–Crippen LogP) is 11.3. The summed E-state index contributed by atoms with van der Waals surface area (Å²) in [6.45, 7) is 33.1. The molecule has 5 amide bonds. The molecule has 15 nitrogen and oxygen atoms in total. The van der Waals surface area contributed by atoms with Crippen molar-refractivity contribution in [3.63, 3.8) is 0 Å². The second-order valence-corrected chi connectivity index (χ2v) is 32.5. The number of nitrogens with zero attached hydrogens (tertiary/aromatic N) is 2. The molecule has 2 unspecified atom stereocenters. The van der Waals surface area contributed by atoms with E-state index in [9.17, 15) is 24.0 Å². The van der Waals surface area contributed by atoms with Crippen molar-refractivity contribution < 1.29 is 47.0 Å². The number of hydrogen-bond acceptors (Lipinski definition) is 10. The average molecular weight is 1010 g/mol. The van der Waals surface area contributed by atoms with Crippen LogP contribution in [0.4, 0.5) is 21.0 Å². The highest BCUT2D eigenvalue weighted by Crippen LogP contribution is 2.56. The molecule has 1 saturated carbocycles. The van der Waals surface area contributed by atoms with Crippen LogP contribution in [0.25, 0.3) is 0 Å². The number of anilines is 2. The minimum Gasteiger partial charge on any atom is -0.540 e. The van der Waals surface area contributed by atoms with Gasteiger partial charge in [0.25, 0.3) is 14.2 Å². The van der Waals surface area contributed by atoms with Gasteiger partial charge in [0, 0.05) is 24.8 Å². The highest BCUT2D eigenvalue weighted by molar-refractivity contribution is 6.78. The maximum absolute atomic E-state index is 15.0. The lowest BCUT2D eigenvalue weighted by molar-refractivity contribution is -0.130. The first-order valence-corrected chi connectivity index (χ1v) is 30.4. The van der Waals surface area contributed by atoms with Crippen molar-refractivity contribution >= 4 is 57.9 Å². The normalized spacial score (nSPS) is 18.7. The SMILES string of the molecule is C=CCOC(=O)N1CCC[C@H]1C(=O)NC(C(=O)Nc1ccc(COC(=O)Nc2cc(O[Si](C(C)C)(C(C)C)C(C)C)c(OC)cc2C(=O)N2CC3(CC3)C[C@H]2CO[Si](C)(C)C(C)(C)C)cc1)C(C)CC. The van der Waals surface area contributed by atoms with Gasteiger partial charge >= 0.3 is 12.2 Å². The zero-order valence-corrected chi connectivity index (χ0v) is 46.5. The highest BCUT2D eigenvalue weighted by Gasteiger charge is 2.54.